The van der Waals surface area contributed by atoms with E-state index in [4.69, 9.17) is 9.84 Å². The predicted octanol–water partition coefficient (Wildman–Crippen LogP) is 3.34. The second-order valence-electron chi connectivity index (χ2n) is 5.33. The van der Waals surface area contributed by atoms with Gasteiger partial charge in [-0.2, -0.15) is 0 Å². The molecule has 1 aromatic carbocycles. The molecule has 2 N–H and O–H groups in total. The summed E-state index contributed by atoms with van der Waals surface area (Å²) in [6.07, 6.45) is 4.16. The molecular formula is C17H29NO2. The quantitative estimate of drug-likeness (QED) is 0.645. The lowest BCUT2D eigenvalue weighted by Gasteiger charge is -2.14. The molecule has 1 rings (SSSR count). The zero-order valence-electron chi connectivity index (χ0n) is 13.2. The van der Waals surface area contributed by atoms with Gasteiger partial charge < -0.3 is 15.2 Å². The van der Waals surface area contributed by atoms with Crippen LogP contribution in [0.15, 0.2) is 12.1 Å². The van der Waals surface area contributed by atoms with Gasteiger partial charge in [-0.25, -0.2) is 0 Å². The van der Waals surface area contributed by atoms with Crippen LogP contribution in [-0.4, -0.2) is 24.9 Å². The molecule has 0 aliphatic carbocycles. The molecule has 0 bridgehead atoms. The molecule has 0 heterocycles. The van der Waals surface area contributed by atoms with Crippen molar-refractivity contribution >= 4 is 0 Å². The third kappa shape index (κ3) is 5.93. The highest BCUT2D eigenvalue weighted by Crippen LogP contribution is 2.25. The van der Waals surface area contributed by atoms with Gasteiger partial charge in [-0.1, -0.05) is 25.5 Å². The van der Waals surface area contributed by atoms with Gasteiger partial charge in [0.25, 0.3) is 0 Å². The average molecular weight is 279 g/mol. The van der Waals surface area contributed by atoms with Crippen molar-refractivity contribution in [3.63, 3.8) is 0 Å². The van der Waals surface area contributed by atoms with Crippen LogP contribution >= 0.6 is 0 Å². The second kappa shape index (κ2) is 9.78. The topological polar surface area (TPSA) is 41.5 Å². The van der Waals surface area contributed by atoms with E-state index in [0.717, 1.165) is 51.1 Å². The normalized spacial score (nSPS) is 10.8. The highest BCUT2D eigenvalue weighted by atomic mass is 16.5. The van der Waals surface area contributed by atoms with Crippen molar-refractivity contribution in [2.75, 3.05) is 19.8 Å². The molecule has 0 spiro atoms. The summed E-state index contributed by atoms with van der Waals surface area (Å²) < 4.78 is 5.92. The van der Waals surface area contributed by atoms with E-state index in [9.17, 15) is 0 Å². The monoisotopic (exact) mass is 279 g/mol. The van der Waals surface area contributed by atoms with Gasteiger partial charge in [-0.3, -0.25) is 0 Å². The minimum absolute atomic E-state index is 0.298. The Morgan fingerprint density at radius 1 is 1.05 bits per heavy atom. The summed E-state index contributed by atoms with van der Waals surface area (Å²) in [5.41, 5.74) is 3.75. The number of aliphatic hydroxyl groups is 1. The molecule has 114 valence electrons. The van der Waals surface area contributed by atoms with Gasteiger partial charge in [0.1, 0.15) is 5.75 Å². The average Bonchev–Trinajstić information content (AvgIpc) is 2.42. The number of rotatable bonds is 10. The molecule has 0 aromatic heterocycles. The molecule has 0 aliphatic rings. The summed E-state index contributed by atoms with van der Waals surface area (Å²) in [6.45, 7) is 9.32. The maximum Gasteiger partial charge on any atom is 0.125 e. The van der Waals surface area contributed by atoms with Gasteiger partial charge in [0.05, 0.1) is 6.61 Å². The number of benzene rings is 1. The molecular weight excluding hydrogens is 250 g/mol. The minimum atomic E-state index is 0.298. The molecule has 0 amide bonds. The van der Waals surface area contributed by atoms with E-state index in [-0.39, 0.29) is 0 Å². The largest absolute Gasteiger partial charge is 0.493 e. The molecule has 0 saturated heterocycles. The Morgan fingerprint density at radius 3 is 2.30 bits per heavy atom. The van der Waals surface area contributed by atoms with Crippen molar-refractivity contribution < 1.29 is 9.84 Å². The van der Waals surface area contributed by atoms with E-state index in [1.165, 1.54) is 16.7 Å². The number of aryl methyl sites for hydroxylation is 2. The molecule has 0 aliphatic heterocycles. The summed E-state index contributed by atoms with van der Waals surface area (Å²) in [5.74, 6) is 1.03. The smallest absolute Gasteiger partial charge is 0.125 e. The standard InChI is InChI=1S/C17H29NO2/c1-4-18-13-16-11-14(2)17(15(3)12-16)20-10-8-6-5-7-9-19/h11-12,18-19H,4-10,13H2,1-3H3. The van der Waals surface area contributed by atoms with Crippen LogP contribution in [-0.2, 0) is 6.54 Å². The lowest BCUT2D eigenvalue weighted by molar-refractivity contribution is 0.272. The van der Waals surface area contributed by atoms with Gasteiger partial charge >= 0.3 is 0 Å². The third-order valence-electron chi connectivity index (χ3n) is 3.40. The SMILES string of the molecule is CCNCc1cc(C)c(OCCCCCCO)c(C)c1. The zero-order chi connectivity index (χ0) is 14.8. The summed E-state index contributed by atoms with van der Waals surface area (Å²) in [7, 11) is 0. The molecule has 1 aromatic rings. The van der Waals surface area contributed by atoms with Gasteiger partial charge in [0.15, 0.2) is 0 Å². The van der Waals surface area contributed by atoms with Crippen molar-refractivity contribution in [3.05, 3.63) is 28.8 Å². The first-order valence-corrected chi connectivity index (χ1v) is 7.73. The molecule has 0 saturated carbocycles. The van der Waals surface area contributed by atoms with E-state index in [1.807, 2.05) is 0 Å². The lowest BCUT2D eigenvalue weighted by atomic mass is 10.1. The minimum Gasteiger partial charge on any atom is -0.493 e. The van der Waals surface area contributed by atoms with Crippen molar-refractivity contribution in [1.29, 1.82) is 0 Å². The second-order valence-corrected chi connectivity index (χ2v) is 5.33. The summed E-state index contributed by atoms with van der Waals surface area (Å²) in [4.78, 5) is 0. The number of hydrogen-bond acceptors (Lipinski definition) is 3. The highest BCUT2D eigenvalue weighted by molar-refractivity contribution is 5.43. The Kier molecular flexibility index (Phi) is 8.31. The number of unbranched alkanes of at least 4 members (excludes halogenated alkanes) is 3. The molecule has 3 nitrogen and oxygen atoms in total. The number of hydrogen-bond donors (Lipinski definition) is 2. The first kappa shape index (κ1) is 17.0. The fourth-order valence-electron chi connectivity index (χ4n) is 2.38. The highest BCUT2D eigenvalue weighted by Gasteiger charge is 2.06. The van der Waals surface area contributed by atoms with Gasteiger partial charge in [-0.05, 0) is 56.3 Å². The Labute approximate surface area is 123 Å². The van der Waals surface area contributed by atoms with Crippen LogP contribution < -0.4 is 10.1 Å². The summed E-state index contributed by atoms with van der Waals surface area (Å²) in [6, 6.07) is 4.41. The van der Waals surface area contributed by atoms with Crippen LogP contribution in [0.1, 0.15) is 49.3 Å². The fraction of sp³-hybridized carbons (Fsp3) is 0.647. The first-order valence-electron chi connectivity index (χ1n) is 7.73. The van der Waals surface area contributed by atoms with Crippen LogP contribution in [0.3, 0.4) is 0 Å². The van der Waals surface area contributed by atoms with Crippen molar-refractivity contribution in [1.82, 2.24) is 5.32 Å². The predicted molar refractivity (Wildman–Crippen MR) is 84.3 cm³/mol. The van der Waals surface area contributed by atoms with Crippen LogP contribution in [0.5, 0.6) is 5.75 Å². The van der Waals surface area contributed by atoms with Gasteiger partial charge in [0, 0.05) is 13.2 Å². The van der Waals surface area contributed by atoms with Crippen LogP contribution in [0.2, 0.25) is 0 Å². The molecule has 0 atom stereocenters. The van der Waals surface area contributed by atoms with E-state index in [2.05, 4.69) is 38.2 Å². The van der Waals surface area contributed by atoms with Crippen LogP contribution in [0.25, 0.3) is 0 Å². The Bertz CT molecular complexity index is 368. The van der Waals surface area contributed by atoms with Gasteiger partial charge in [-0.15, -0.1) is 0 Å². The number of nitrogens with one attached hydrogen (secondary N) is 1. The Balaban J connectivity index is 2.45. The fourth-order valence-corrected chi connectivity index (χ4v) is 2.38. The maximum atomic E-state index is 8.72. The van der Waals surface area contributed by atoms with Crippen LogP contribution in [0, 0.1) is 13.8 Å². The molecule has 20 heavy (non-hydrogen) atoms. The molecule has 3 heteroatoms. The molecule has 0 fully saturated rings. The molecule has 0 unspecified atom stereocenters. The molecule has 0 radical (unpaired) electrons. The third-order valence-corrected chi connectivity index (χ3v) is 3.40. The van der Waals surface area contributed by atoms with Gasteiger partial charge in [0.2, 0.25) is 0 Å². The Hall–Kier alpha value is -1.06. The van der Waals surface area contributed by atoms with E-state index in [1.54, 1.807) is 0 Å². The van der Waals surface area contributed by atoms with Crippen molar-refractivity contribution in [3.8, 4) is 5.75 Å². The lowest BCUT2D eigenvalue weighted by Crippen LogP contribution is -2.12. The van der Waals surface area contributed by atoms with E-state index < -0.39 is 0 Å². The maximum absolute atomic E-state index is 8.72. The summed E-state index contributed by atoms with van der Waals surface area (Å²) >= 11 is 0. The summed E-state index contributed by atoms with van der Waals surface area (Å²) in [5, 5.41) is 12.1. The zero-order valence-corrected chi connectivity index (χ0v) is 13.2. The number of ether oxygens (including phenoxy) is 1. The first-order chi connectivity index (χ1) is 9.69. The van der Waals surface area contributed by atoms with E-state index in [0.29, 0.717) is 6.61 Å². The number of aliphatic hydroxyl groups excluding tert-OH is 1. The van der Waals surface area contributed by atoms with E-state index >= 15 is 0 Å². The van der Waals surface area contributed by atoms with Crippen molar-refractivity contribution in [2.24, 2.45) is 0 Å². The van der Waals surface area contributed by atoms with Crippen molar-refractivity contribution in [2.45, 2.75) is 53.0 Å². The Morgan fingerprint density at radius 2 is 1.70 bits per heavy atom. The van der Waals surface area contributed by atoms with Crippen LogP contribution in [0.4, 0.5) is 0 Å².